The molecule has 0 bridgehead atoms. The average Bonchev–Trinajstić information content (AvgIpc) is 2.94. The van der Waals surface area contributed by atoms with Crippen molar-refractivity contribution in [2.75, 3.05) is 0 Å². The molecule has 0 atom stereocenters. The largest absolute Gasteiger partial charge is 0.309 e. The van der Waals surface area contributed by atoms with Crippen molar-refractivity contribution in [1.82, 2.24) is 14.8 Å². The number of benzene rings is 2. The van der Waals surface area contributed by atoms with Crippen LogP contribution in [0.5, 0.6) is 0 Å². The zero-order valence-electron chi connectivity index (χ0n) is 11.1. The fourth-order valence-electron chi connectivity index (χ4n) is 2.10. The quantitative estimate of drug-likeness (QED) is 0.699. The van der Waals surface area contributed by atoms with Gasteiger partial charge in [0.1, 0.15) is 18.0 Å². The van der Waals surface area contributed by atoms with Gasteiger partial charge in [-0.15, -0.1) is 10.2 Å². The van der Waals surface area contributed by atoms with Crippen LogP contribution in [0, 0.1) is 11.6 Å². The minimum Gasteiger partial charge on any atom is -0.309 e. The van der Waals surface area contributed by atoms with Gasteiger partial charge < -0.3 is 4.57 Å². The minimum atomic E-state index is -0.508. The number of rotatable bonds is 3. The van der Waals surface area contributed by atoms with Crippen LogP contribution in [0.4, 0.5) is 8.78 Å². The molecule has 0 fully saturated rings. The normalized spacial score (nSPS) is 10.9. The van der Waals surface area contributed by atoms with Crippen LogP contribution in [0.2, 0.25) is 10.0 Å². The molecule has 0 radical (unpaired) electrons. The van der Waals surface area contributed by atoms with Crippen LogP contribution < -0.4 is 0 Å². The Morgan fingerprint density at radius 2 is 1.91 bits per heavy atom. The molecule has 112 valence electrons. The van der Waals surface area contributed by atoms with Crippen molar-refractivity contribution in [3.63, 3.8) is 0 Å². The van der Waals surface area contributed by atoms with Crippen molar-refractivity contribution in [3.8, 4) is 11.4 Å². The third kappa shape index (κ3) is 2.82. The second-order valence-corrected chi connectivity index (χ2v) is 5.40. The molecular weight excluding hydrogens is 331 g/mol. The molecule has 0 aliphatic rings. The lowest BCUT2D eigenvalue weighted by Gasteiger charge is -2.09. The van der Waals surface area contributed by atoms with Gasteiger partial charge in [0.15, 0.2) is 5.82 Å². The first-order chi connectivity index (χ1) is 10.6. The second-order valence-electron chi connectivity index (χ2n) is 4.62. The van der Waals surface area contributed by atoms with Crippen molar-refractivity contribution in [3.05, 3.63) is 70.0 Å². The maximum absolute atomic E-state index is 13.8. The topological polar surface area (TPSA) is 30.7 Å². The summed E-state index contributed by atoms with van der Waals surface area (Å²) in [5, 5.41) is 8.51. The van der Waals surface area contributed by atoms with E-state index in [0.29, 0.717) is 21.4 Å². The van der Waals surface area contributed by atoms with Gasteiger partial charge in [-0.25, -0.2) is 8.78 Å². The maximum atomic E-state index is 13.8. The first-order valence-corrected chi connectivity index (χ1v) is 7.08. The summed E-state index contributed by atoms with van der Waals surface area (Å²) in [4.78, 5) is 0. The summed E-state index contributed by atoms with van der Waals surface area (Å²) in [5.41, 5.74) is 0.766. The Kier molecular flexibility index (Phi) is 4.09. The molecule has 0 aliphatic heterocycles. The summed E-state index contributed by atoms with van der Waals surface area (Å²) < 4.78 is 28.6. The third-order valence-corrected chi connectivity index (χ3v) is 3.98. The lowest BCUT2D eigenvalue weighted by Crippen LogP contribution is -2.04. The summed E-state index contributed by atoms with van der Waals surface area (Å²) in [5.74, 6) is -0.582. The smallest absolute Gasteiger partial charge is 0.165 e. The number of aromatic nitrogens is 3. The van der Waals surface area contributed by atoms with Gasteiger partial charge in [0.05, 0.1) is 16.6 Å². The van der Waals surface area contributed by atoms with E-state index < -0.39 is 11.6 Å². The van der Waals surface area contributed by atoms with Crippen molar-refractivity contribution in [2.45, 2.75) is 6.54 Å². The van der Waals surface area contributed by atoms with Crippen molar-refractivity contribution < 1.29 is 8.78 Å². The molecule has 7 heteroatoms. The van der Waals surface area contributed by atoms with Crippen molar-refractivity contribution >= 4 is 23.2 Å². The Bertz CT molecular complexity index is 833. The second kappa shape index (κ2) is 6.02. The summed E-state index contributed by atoms with van der Waals surface area (Å²) >= 11 is 12.2. The van der Waals surface area contributed by atoms with Gasteiger partial charge in [-0.1, -0.05) is 29.3 Å². The monoisotopic (exact) mass is 339 g/mol. The highest BCUT2D eigenvalue weighted by Crippen LogP contribution is 2.32. The van der Waals surface area contributed by atoms with Crippen LogP contribution in [-0.2, 0) is 6.54 Å². The third-order valence-electron chi connectivity index (χ3n) is 3.16. The molecule has 0 saturated heterocycles. The molecule has 0 N–H and O–H groups in total. The molecule has 3 aromatic rings. The van der Waals surface area contributed by atoms with Crippen LogP contribution in [-0.4, -0.2) is 14.8 Å². The molecule has 0 unspecified atom stereocenters. The van der Waals surface area contributed by atoms with E-state index in [1.165, 1.54) is 6.33 Å². The van der Waals surface area contributed by atoms with E-state index in [-0.39, 0.29) is 12.1 Å². The van der Waals surface area contributed by atoms with E-state index in [2.05, 4.69) is 10.2 Å². The molecule has 0 spiro atoms. The van der Waals surface area contributed by atoms with Gasteiger partial charge in [0.25, 0.3) is 0 Å². The highest BCUT2D eigenvalue weighted by molar-refractivity contribution is 6.43. The highest BCUT2D eigenvalue weighted by atomic mass is 35.5. The number of halogens is 4. The summed E-state index contributed by atoms with van der Waals surface area (Å²) in [6.45, 7) is 0.0781. The SMILES string of the molecule is Fc1ccc(F)c(Cn2cnnc2-c2cccc(Cl)c2Cl)c1. The van der Waals surface area contributed by atoms with Gasteiger partial charge in [0, 0.05) is 11.1 Å². The summed E-state index contributed by atoms with van der Waals surface area (Å²) in [6, 6.07) is 8.40. The van der Waals surface area contributed by atoms with Gasteiger partial charge in [-0.2, -0.15) is 0 Å². The van der Waals surface area contributed by atoms with Gasteiger partial charge in [-0.05, 0) is 30.3 Å². The Morgan fingerprint density at radius 1 is 1.09 bits per heavy atom. The molecular formula is C15H9Cl2F2N3. The number of nitrogens with zero attached hydrogens (tertiary/aromatic N) is 3. The zero-order valence-corrected chi connectivity index (χ0v) is 12.6. The maximum Gasteiger partial charge on any atom is 0.165 e. The summed E-state index contributed by atoms with van der Waals surface area (Å²) in [6.07, 6.45) is 1.43. The Morgan fingerprint density at radius 3 is 2.73 bits per heavy atom. The molecule has 1 aromatic heterocycles. The molecule has 0 saturated carbocycles. The van der Waals surface area contributed by atoms with Crippen LogP contribution in [0.1, 0.15) is 5.56 Å². The van der Waals surface area contributed by atoms with E-state index in [0.717, 1.165) is 18.2 Å². The van der Waals surface area contributed by atoms with Crippen LogP contribution in [0.3, 0.4) is 0 Å². The average molecular weight is 340 g/mol. The molecule has 0 amide bonds. The van der Waals surface area contributed by atoms with E-state index in [4.69, 9.17) is 23.2 Å². The van der Waals surface area contributed by atoms with Gasteiger partial charge >= 0.3 is 0 Å². The van der Waals surface area contributed by atoms with Gasteiger partial charge in [0.2, 0.25) is 0 Å². The molecule has 3 rings (SSSR count). The number of hydrogen-bond donors (Lipinski definition) is 0. The standard InChI is InChI=1S/C15H9Cl2F2N3/c16-12-3-1-2-11(14(12)17)15-21-20-8-22(15)7-9-6-10(18)4-5-13(9)19/h1-6,8H,7H2. The minimum absolute atomic E-state index is 0.0781. The lowest BCUT2D eigenvalue weighted by atomic mass is 10.2. The first kappa shape index (κ1) is 14.9. The molecule has 3 nitrogen and oxygen atoms in total. The van der Waals surface area contributed by atoms with Crippen LogP contribution >= 0.6 is 23.2 Å². The predicted octanol–water partition coefficient (Wildman–Crippen LogP) is 4.58. The van der Waals surface area contributed by atoms with Crippen molar-refractivity contribution in [1.29, 1.82) is 0 Å². The highest BCUT2D eigenvalue weighted by Gasteiger charge is 2.14. The fourth-order valence-corrected chi connectivity index (χ4v) is 2.49. The zero-order chi connectivity index (χ0) is 15.7. The van der Waals surface area contributed by atoms with Crippen LogP contribution in [0.15, 0.2) is 42.7 Å². The number of hydrogen-bond acceptors (Lipinski definition) is 2. The van der Waals surface area contributed by atoms with E-state index in [9.17, 15) is 8.78 Å². The molecule has 2 aromatic carbocycles. The predicted molar refractivity (Wildman–Crippen MR) is 80.9 cm³/mol. The van der Waals surface area contributed by atoms with E-state index in [1.54, 1.807) is 22.8 Å². The Labute approximate surface area is 135 Å². The summed E-state index contributed by atoms with van der Waals surface area (Å²) in [7, 11) is 0. The Balaban J connectivity index is 2.03. The van der Waals surface area contributed by atoms with Crippen molar-refractivity contribution in [2.24, 2.45) is 0 Å². The lowest BCUT2D eigenvalue weighted by molar-refractivity contribution is 0.577. The van der Waals surface area contributed by atoms with E-state index in [1.807, 2.05) is 0 Å². The van der Waals surface area contributed by atoms with E-state index >= 15 is 0 Å². The molecule has 0 aliphatic carbocycles. The van der Waals surface area contributed by atoms with Crippen LogP contribution in [0.25, 0.3) is 11.4 Å². The first-order valence-electron chi connectivity index (χ1n) is 6.32. The molecule has 22 heavy (non-hydrogen) atoms. The molecule has 1 heterocycles. The van der Waals surface area contributed by atoms with Gasteiger partial charge in [-0.3, -0.25) is 0 Å². The Hall–Kier alpha value is -1.98. The fraction of sp³-hybridized carbons (Fsp3) is 0.0667.